The summed E-state index contributed by atoms with van der Waals surface area (Å²) in [6, 6.07) is 9.31. The van der Waals surface area contributed by atoms with Gasteiger partial charge in [0.25, 0.3) is 5.91 Å². The van der Waals surface area contributed by atoms with Crippen molar-refractivity contribution in [1.29, 1.82) is 0 Å². The molecule has 0 aromatic heterocycles. The smallest absolute Gasteiger partial charge is 0.255 e. The second-order valence-corrected chi connectivity index (χ2v) is 5.34. The number of carbonyl (C=O) groups excluding carboxylic acids is 2. The largest absolute Gasteiger partial charge is 0.326 e. The summed E-state index contributed by atoms with van der Waals surface area (Å²) in [5.74, 6) is -0.731. The first-order valence-electron chi connectivity index (χ1n) is 7.38. The minimum Gasteiger partial charge on any atom is -0.326 e. The van der Waals surface area contributed by atoms with Gasteiger partial charge in [0.15, 0.2) is 0 Å². The Morgan fingerprint density at radius 2 is 1.74 bits per heavy atom. The van der Waals surface area contributed by atoms with Crippen molar-refractivity contribution >= 4 is 23.2 Å². The second-order valence-electron chi connectivity index (χ2n) is 5.34. The molecule has 2 aromatic carbocycles. The number of hydrogen-bond donors (Lipinski definition) is 2. The number of halogens is 1. The number of hydrogen-bond acceptors (Lipinski definition) is 2. The molecule has 2 N–H and O–H groups in total. The lowest BCUT2D eigenvalue weighted by Crippen LogP contribution is -2.15. The third-order valence-electron chi connectivity index (χ3n) is 3.51. The Hall–Kier alpha value is -2.69. The molecule has 0 atom stereocenters. The molecule has 0 unspecified atom stereocenters. The van der Waals surface area contributed by atoms with Crippen molar-refractivity contribution in [2.24, 2.45) is 0 Å². The van der Waals surface area contributed by atoms with Gasteiger partial charge in [0.2, 0.25) is 5.91 Å². The van der Waals surface area contributed by atoms with Gasteiger partial charge in [-0.1, -0.05) is 6.92 Å². The van der Waals surface area contributed by atoms with Gasteiger partial charge >= 0.3 is 0 Å². The van der Waals surface area contributed by atoms with Gasteiger partial charge < -0.3 is 10.6 Å². The zero-order chi connectivity index (χ0) is 17.0. The zero-order valence-corrected chi connectivity index (χ0v) is 13.4. The highest BCUT2D eigenvalue weighted by molar-refractivity contribution is 6.05. The van der Waals surface area contributed by atoms with Gasteiger partial charge in [0.1, 0.15) is 5.82 Å². The molecule has 0 saturated heterocycles. The van der Waals surface area contributed by atoms with Crippen LogP contribution in [0.2, 0.25) is 0 Å². The van der Waals surface area contributed by atoms with Crippen LogP contribution in [0, 0.1) is 19.7 Å². The SMILES string of the molecule is CCC(=O)Nc1ccc(NC(=O)c2ccc(F)cc2C)c(C)c1. The standard InChI is InChI=1S/C18H19FN2O2/c1-4-17(22)20-14-6-8-16(12(3)10-14)21-18(23)15-7-5-13(19)9-11(15)2/h5-10H,4H2,1-3H3,(H,20,22)(H,21,23). The Morgan fingerprint density at radius 3 is 2.35 bits per heavy atom. The van der Waals surface area contributed by atoms with E-state index in [9.17, 15) is 14.0 Å². The number of rotatable bonds is 4. The highest BCUT2D eigenvalue weighted by Crippen LogP contribution is 2.21. The predicted octanol–water partition coefficient (Wildman–Crippen LogP) is 4.04. The molecule has 0 aliphatic heterocycles. The molecule has 0 bridgehead atoms. The third kappa shape index (κ3) is 4.16. The van der Waals surface area contributed by atoms with Crippen LogP contribution in [0.5, 0.6) is 0 Å². The molecule has 0 aliphatic carbocycles. The van der Waals surface area contributed by atoms with Crippen LogP contribution in [-0.4, -0.2) is 11.8 Å². The summed E-state index contributed by atoms with van der Waals surface area (Å²) in [4.78, 5) is 23.7. The van der Waals surface area contributed by atoms with E-state index in [1.165, 1.54) is 18.2 Å². The van der Waals surface area contributed by atoms with Crippen molar-refractivity contribution < 1.29 is 14.0 Å². The van der Waals surface area contributed by atoms with Crippen LogP contribution in [0.25, 0.3) is 0 Å². The Kier molecular flexibility index (Phi) is 5.11. The molecule has 0 aliphatic rings. The van der Waals surface area contributed by atoms with Crippen LogP contribution in [0.1, 0.15) is 34.8 Å². The van der Waals surface area contributed by atoms with Crippen molar-refractivity contribution in [1.82, 2.24) is 0 Å². The number of benzene rings is 2. The van der Waals surface area contributed by atoms with Gasteiger partial charge in [-0.05, 0) is 61.4 Å². The number of nitrogens with one attached hydrogen (secondary N) is 2. The minimum atomic E-state index is -0.369. The molecule has 2 rings (SSSR count). The number of aryl methyl sites for hydroxylation is 2. The van der Waals surface area contributed by atoms with Gasteiger partial charge in [-0.3, -0.25) is 9.59 Å². The molecule has 0 saturated carbocycles. The van der Waals surface area contributed by atoms with E-state index < -0.39 is 0 Å². The summed E-state index contributed by atoms with van der Waals surface area (Å²) < 4.78 is 13.1. The molecule has 5 heteroatoms. The van der Waals surface area contributed by atoms with Crippen LogP contribution in [-0.2, 0) is 4.79 Å². The van der Waals surface area contributed by atoms with Crippen molar-refractivity contribution in [3.05, 3.63) is 58.9 Å². The normalized spacial score (nSPS) is 10.3. The van der Waals surface area contributed by atoms with Crippen molar-refractivity contribution in [2.45, 2.75) is 27.2 Å². The lowest BCUT2D eigenvalue weighted by Gasteiger charge is -2.12. The molecule has 120 valence electrons. The van der Waals surface area contributed by atoms with E-state index in [0.717, 1.165) is 5.56 Å². The Morgan fingerprint density at radius 1 is 1.00 bits per heavy atom. The maximum atomic E-state index is 13.1. The molecule has 4 nitrogen and oxygen atoms in total. The van der Waals surface area contributed by atoms with E-state index in [1.54, 1.807) is 32.0 Å². The Bertz CT molecular complexity index is 757. The minimum absolute atomic E-state index is 0.0666. The summed E-state index contributed by atoms with van der Waals surface area (Å²) in [5, 5.41) is 5.57. The number of carbonyl (C=O) groups is 2. The number of amides is 2. The van der Waals surface area contributed by atoms with E-state index in [0.29, 0.717) is 28.9 Å². The maximum Gasteiger partial charge on any atom is 0.255 e. The fraction of sp³-hybridized carbons (Fsp3) is 0.222. The summed E-state index contributed by atoms with van der Waals surface area (Å²) in [7, 11) is 0. The summed E-state index contributed by atoms with van der Waals surface area (Å²) in [6.07, 6.45) is 0.404. The third-order valence-corrected chi connectivity index (χ3v) is 3.51. The molecule has 0 fully saturated rings. The van der Waals surface area contributed by atoms with Crippen LogP contribution in [0.4, 0.5) is 15.8 Å². The van der Waals surface area contributed by atoms with Gasteiger partial charge in [0, 0.05) is 23.4 Å². The van der Waals surface area contributed by atoms with Gasteiger partial charge in [-0.25, -0.2) is 4.39 Å². The lowest BCUT2D eigenvalue weighted by atomic mass is 10.1. The van der Waals surface area contributed by atoms with Gasteiger partial charge in [0.05, 0.1) is 0 Å². The topological polar surface area (TPSA) is 58.2 Å². The van der Waals surface area contributed by atoms with Crippen molar-refractivity contribution in [2.75, 3.05) is 10.6 Å². The first-order valence-corrected chi connectivity index (χ1v) is 7.38. The second kappa shape index (κ2) is 7.05. The summed E-state index contributed by atoms with van der Waals surface area (Å²) in [6.45, 7) is 5.31. The van der Waals surface area contributed by atoms with E-state index >= 15 is 0 Å². The van der Waals surface area contributed by atoms with Crippen LogP contribution in [0.15, 0.2) is 36.4 Å². The molecule has 23 heavy (non-hydrogen) atoms. The highest BCUT2D eigenvalue weighted by Gasteiger charge is 2.11. The molecule has 0 spiro atoms. The molecular weight excluding hydrogens is 295 g/mol. The highest BCUT2D eigenvalue weighted by atomic mass is 19.1. The fourth-order valence-electron chi connectivity index (χ4n) is 2.20. The van der Waals surface area contributed by atoms with E-state index in [-0.39, 0.29) is 17.6 Å². The summed E-state index contributed by atoms with van der Waals surface area (Å²) >= 11 is 0. The quantitative estimate of drug-likeness (QED) is 0.894. The predicted molar refractivity (Wildman–Crippen MR) is 89.2 cm³/mol. The monoisotopic (exact) mass is 314 g/mol. The van der Waals surface area contributed by atoms with Crippen LogP contribution in [0.3, 0.4) is 0 Å². The average molecular weight is 314 g/mol. The Labute approximate surface area is 134 Å². The van der Waals surface area contributed by atoms with Gasteiger partial charge in [-0.15, -0.1) is 0 Å². The molecule has 2 amide bonds. The van der Waals surface area contributed by atoms with Crippen LogP contribution < -0.4 is 10.6 Å². The van der Waals surface area contributed by atoms with Gasteiger partial charge in [-0.2, -0.15) is 0 Å². The first-order chi connectivity index (χ1) is 10.9. The van der Waals surface area contributed by atoms with Crippen molar-refractivity contribution in [3.8, 4) is 0 Å². The molecule has 0 heterocycles. The van der Waals surface area contributed by atoms with E-state index in [4.69, 9.17) is 0 Å². The van der Waals surface area contributed by atoms with Crippen LogP contribution >= 0.6 is 0 Å². The Balaban J connectivity index is 2.16. The zero-order valence-electron chi connectivity index (χ0n) is 13.4. The first kappa shape index (κ1) is 16.7. The van der Waals surface area contributed by atoms with E-state index in [2.05, 4.69) is 10.6 Å². The number of anilines is 2. The average Bonchev–Trinajstić information content (AvgIpc) is 2.49. The maximum absolute atomic E-state index is 13.1. The molecular formula is C18H19FN2O2. The summed E-state index contributed by atoms with van der Waals surface area (Å²) in [5.41, 5.74) is 3.16. The molecule has 2 aromatic rings. The fourth-order valence-corrected chi connectivity index (χ4v) is 2.20. The van der Waals surface area contributed by atoms with Crippen molar-refractivity contribution in [3.63, 3.8) is 0 Å². The molecule has 0 radical (unpaired) electrons. The lowest BCUT2D eigenvalue weighted by molar-refractivity contribution is -0.115. The van der Waals surface area contributed by atoms with E-state index in [1.807, 2.05) is 6.92 Å².